The van der Waals surface area contributed by atoms with Gasteiger partial charge in [-0.1, -0.05) is 45.1 Å². The summed E-state index contributed by atoms with van der Waals surface area (Å²) in [6.07, 6.45) is 8.41. The van der Waals surface area contributed by atoms with Crippen LogP contribution in [0.15, 0.2) is 77.4 Å². The van der Waals surface area contributed by atoms with Crippen LogP contribution in [0.25, 0.3) is 11.1 Å². The molecule has 3 aromatic rings. The van der Waals surface area contributed by atoms with Crippen LogP contribution in [0.5, 0.6) is 0 Å². The number of methoxy groups -OCH3 is 1. The molecule has 0 spiro atoms. The standard InChI is InChI=1S/C26H26N4O3S/c1-26(2,3)20-10-12-22(13-11-20)34(31,32)29-25-14-9-19(17-27)24-16-23(28-30(24)25)18-7-5-6-8-21(15-18)33-4/h6-16,29H,5H2,1-4H3. The number of rotatable bonds is 5. The monoisotopic (exact) mass is 474 g/mol. The topological polar surface area (TPSA) is 96.5 Å². The Kier molecular flexibility index (Phi) is 6.07. The first-order valence-electron chi connectivity index (χ1n) is 10.8. The molecule has 0 amide bonds. The Balaban J connectivity index is 1.75. The van der Waals surface area contributed by atoms with Gasteiger partial charge in [0.2, 0.25) is 0 Å². The fraction of sp³-hybridized carbons (Fsp3) is 0.231. The van der Waals surface area contributed by atoms with Crippen LogP contribution in [0.3, 0.4) is 0 Å². The fourth-order valence-electron chi connectivity index (χ4n) is 3.66. The number of ether oxygens (including phenoxy) is 1. The number of pyridine rings is 1. The number of hydrogen-bond acceptors (Lipinski definition) is 5. The molecule has 0 saturated heterocycles. The molecule has 0 radical (unpaired) electrons. The number of nitriles is 1. The van der Waals surface area contributed by atoms with E-state index in [2.05, 4.69) is 36.7 Å². The zero-order chi connectivity index (χ0) is 24.5. The van der Waals surface area contributed by atoms with E-state index in [-0.39, 0.29) is 16.1 Å². The molecular weight excluding hydrogens is 448 g/mol. The number of sulfonamides is 1. The van der Waals surface area contributed by atoms with E-state index in [1.807, 2.05) is 36.4 Å². The molecule has 1 N–H and O–H groups in total. The van der Waals surface area contributed by atoms with E-state index in [1.165, 1.54) is 4.52 Å². The zero-order valence-electron chi connectivity index (χ0n) is 19.5. The molecule has 8 heteroatoms. The van der Waals surface area contributed by atoms with Gasteiger partial charge in [-0.3, -0.25) is 4.72 Å². The van der Waals surface area contributed by atoms with Crippen LogP contribution in [0.2, 0.25) is 0 Å². The Hall–Kier alpha value is -3.83. The summed E-state index contributed by atoms with van der Waals surface area (Å²) in [5.41, 5.74) is 3.28. The molecular formula is C26H26N4O3S. The molecule has 0 bridgehead atoms. The summed E-state index contributed by atoms with van der Waals surface area (Å²) in [6, 6.07) is 13.9. The van der Waals surface area contributed by atoms with Gasteiger partial charge in [0.25, 0.3) is 10.0 Å². The van der Waals surface area contributed by atoms with E-state index in [9.17, 15) is 13.7 Å². The van der Waals surface area contributed by atoms with Gasteiger partial charge < -0.3 is 4.74 Å². The van der Waals surface area contributed by atoms with Gasteiger partial charge in [0.05, 0.1) is 28.8 Å². The second-order valence-electron chi connectivity index (χ2n) is 9.00. The number of fused-ring (bicyclic) bond motifs is 1. The number of benzene rings is 1. The average Bonchev–Trinajstić information content (AvgIpc) is 3.11. The summed E-state index contributed by atoms with van der Waals surface area (Å²) in [6.45, 7) is 6.21. The van der Waals surface area contributed by atoms with Crippen molar-refractivity contribution in [3.05, 3.63) is 89.3 Å². The van der Waals surface area contributed by atoms with Gasteiger partial charge in [0.1, 0.15) is 17.6 Å². The normalized spacial score (nSPS) is 14.2. The second kappa shape index (κ2) is 8.84. The third kappa shape index (κ3) is 4.61. The first kappa shape index (κ1) is 23.3. The molecule has 0 fully saturated rings. The minimum Gasteiger partial charge on any atom is -0.497 e. The molecule has 1 aromatic carbocycles. The molecule has 174 valence electrons. The summed E-state index contributed by atoms with van der Waals surface area (Å²) in [4.78, 5) is 0.149. The minimum absolute atomic E-state index is 0.0835. The van der Waals surface area contributed by atoms with Crippen LogP contribution in [-0.2, 0) is 20.2 Å². The number of anilines is 1. The smallest absolute Gasteiger partial charge is 0.263 e. The average molecular weight is 475 g/mol. The SMILES string of the molecule is COC1=CC(c2cc3c(C#N)ccc(NS(=O)(=O)c4ccc(C(C)(C)C)cc4)n3n2)=CCC=C1. The van der Waals surface area contributed by atoms with E-state index >= 15 is 0 Å². The molecule has 1 aliphatic rings. The predicted molar refractivity (Wildman–Crippen MR) is 133 cm³/mol. The highest BCUT2D eigenvalue weighted by atomic mass is 32.2. The van der Waals surface area contributed by atoms with E-state index in [1.54, 1.807) is 37.4 Å². The van der Waals surface area contributed by atoms with Gasteiger partial charge in [0, 0.05) is 5.57 Å². The summed E-state index contributed by atoms with van der Waals surface area (Å²) < 4.78 is 35.7. The molecule has 7 nitrogen and oxygen atoms in total. The maximum atomic E-state index is 13.1. The largest absolute Gasteiger partial charge is 0.497 e. The van der Waals surface area contributed by atoms with Gasteiger partial charge >= 0.3 is 0 Å². The molecule has 1 aliphatic carbocycles. The molecule has 0 atom stereocenters. The number of aromatic nitrogens is 2. The van der Waals surface area contributed by atoms with Crippen molar-refractivity contribution >= 4 is 26.9 Å². The van der Waals surface area contributed by atoms with Gasteiger partial charge in [-0.05, 0) is 59.9 Å². The highest BCUT2D eigenvalue weighted by Gasteiger charge is 2.20. The Morgan fingerprint density at radius 3 is 2.53 bits per heavy atom. The molecule has 34 heavy (non-hydrogen) atoms. The van der Waals surface area contributed by atoms with E-state index < -0.39 is 10.0 Å². The van der Waals surface area contributed by atoms with Gasteiger partial charge in [-0.15, -0.1) is 0 Å². The second-order valence-corrected chi connectivity index (χ2v) is 10.7. The molecule has 0 unspecified atom stereocenters. The Labute approximate surface area is 199 Å². The highest BCUT2D eigenvalue weighted by molar-refractivity contribution is 7.92. The third-order valence-electron chi connectivity index (χ3n) is 5.60. The third-order valence-corrected chi connectivity index (χ3v) is 6.97. The van der Waals surface area contributed by atoms with E-state index in [0.29, 0.717) is 29.0 Å². The van der Waals surface area contributed by atoms with Crippen LogP contribution < -0.4 is 4.72 Å². The first-order chi connectivity index (χ1) is 16.1. The Morgan fingerprint density at radius 2 is 1.88 bits per heavy atom. The minimum atomic E-state index is -3.87. The van der Waals surface area contributed by atoms with Crippen molar-refractivity contribution in [3.63, 3.8) is 0 Å². The van der Waals surface area contributed by atoms with Crippen molar-refractivity contribution in [1.29, 1.82) is 5.26 Å². The summed E-state index contributed by atoms with van der Waals surface area (Å²) >= 11 is 0. The van der Waals surface area contributed by atoms with Crippen molar-refractivity contribution in [1.82, 2.24) is 9.61 Å². The maximum absolute atomic E-state index is 13.1. The fourth-order valence-corrected chi connectivity index (χ4v) is 4.71. The lowest BCUT2D eigenvalue weighted by atomic mass is 9.87. The van der Waals surface area contributed by atoms with Crippen molar-refractivity contribution in [2.24, 2.45) is 0 Å². The number of hydrogen-bond donors (Lipinski definition) is 1. The lowest BCUT2D eigenvalue weighted by molar-refractivity contribution is 0.307. The molecule has 2 heterocycles. The highest BCUT2D eigenvalue weighted by Crippen LogP contribution is 2.27. The quantitative estimate of drug-likeness (QED) is 0.550. The number of nitrogens with zero attached hydrogens (tertiary/aromatic N) is 3. The number of allylic oxidation sites excluding steroid dienone is 5. The number of nitrogens with one attached hydrogen (secondary N) is 1. The van der Waals surface area contributed by atoms with Crippen LogP contribution >= 0.6 is 0 Å². The Morgan fingerprint density at radius 1 is 1.15 bits per heavy atom. The first-order valence-corrected chi connectivity index (χ1v) is 12.3. The van der Waals surface area contributed by atoms with Gasteiger partial charge in [-0.2, -0.15) is 10.4 Å². The summed E-state index contributed by atoms with van der Waals surface area (Å²) in [5, 5.41) is 14.2. The van der Waals surface area contributed by atoms with Crippen molar-refractivity contribution in [2.45, 2.75) is 37.5 Å². The summed E-state index contributed by atoms with van der Waals surface area (Å²) in [7, 11) is -2.28. The lowest BCUT2D eigenvalue weighted by Gasteiger charge is -2.19. The van der Waals surface area contributed by atoms with Crippen LogP contribution in [-0.4, -0.2) is 25.1 Å². The summed E-state index contributed by atoms with van der Waals surface area (Å²) in [5.74, 6) is 0.921. The van der Waals surface area contributed by atoms with Crippen LogP contribution in [0.1, 0.15) is 44.0 Å². The van der Waals surface area contributed by atoms with Crippen molar-refractivity contribution in [3.8, 4) is 6.07 Å². The zero-order valence-corrected chi connectivity index (χ0v) is 20.3. The maximum Gasteiger partial charge on any atom is 0.263 e. The van der Waals surface area contributed by atoms with Crippen molar-refractivity contribution < 1.29 is 13.2 Å². The van der Waals surface area contributed by atoms with Crippen molar-refractivity contribution in [2.75, 3.05) is 11.8 Å². The van der Waals surface area contributed by atoms with Gasteiger partial charge in [0.15, 0.2) is 0 Å². The molecule has 0 aliphatic heterocycles. The molecule has 0 saturated carbocycles. The molecule has 2 aromatic heterocycles. The molecule has 4 rings (SSSR count). The Bertz CT molecular complexity index is 1480. The predicted octanol–water partition coefficient (Wildman–Crippen LogP) is 5.18. The van der Waals surface area contributed by atoms with E-state index in [0.717, 1.165) is 11.1 Å². The van der Waals surface area contributed by atoms with Gasteiger partial charge in [-0.25, -0.2) is 12.9 Å². The van der Waals surface area contributed by atoms with Crippen LogP contribution in [0.4, 0.5) is 5.82 Å². The van der Waals surface area contributed by atoms with E-state index in [4.69, 9.17) is 4.74 Å². The lowest BCUT2D eigenvalue weighted by Crippen LogP contribution is -2.17. The van der Waals surface area contributed by atoms with Crippen LogP contribution in [0, 0.1) is 11.3 Å².